The summed E-state index contributed by atoms with van der Waals surface area (Å²) >= 11 is 6.18. The maximum absolute atomic E-state index is 9.74. The lowest BCUT2D eigenvalue weighted by atomic mass is 10.1. The molecule has 0 aliphatic carbocycles. The fraction of sp³-hybridized carbons (Fsp3) is 0.294. The number of hydrogen-bond acceptors (Lipinski definition) is 3. The van der Waals surface area contributed by atoms with Gasteiger partial charge >= 0.3 is 0 Å². The van der Waals surface area contributed by atoms with E-state index in [0.717, 1.165) is 28.6 Å². The highest BCUT2D eigenvalue weighted by molar-refractivity contribution is 6.32. The molecular formula is C17H17ClN4O. The van der Waals surface area contributed by atoms with Crippen molar-refractivity contribution in [2.24, 2.45) is 0 Å². The van der Waals surface area contributed by atoms with Crippen molar-refractivity contribution in [3.8, 4) is 23.0 Å². The van der Waals surface area contributed by atoms with Crippen LogP contribution in [-0.4, -0.2) is 30.5 Å². The molecule has 23 heavy (non-hydrogen) atoms. The number of aromatic nitrogens is 4. The molecule has 0 radical (unpaired) electrons. The molecule has 0 aromatic carbocycles. The Balaban J connectivity index is 2.20. The van der Waals surface area contributed by atoms with Gasteiger partial charge in [-0.25, -0.2) is 4.98 Å². The second kappa shape index (κ2) is 5.73. The van der Waals surface area contributed by atoms with Gasteiger partial charge in [-0.3, -0.25) is 5.10 Å². The third-order valence-corrected chi connectivity index (χ3v) is 3.78. The Morgan fingerprint density at radius 3 is 2.74 bits per heavy atom. The number of aromatic amines is 1. The van der Waals surface area contributed by atoms with E-state index in [4.69, 9.17) is 11.6 Å². The van der Waals surface area contributed by atoms with Gasteiger partial charge in [-0.05, 0) is 32.8 Å². The second-order valence-electron chi connectivity index (χ2n) is 5.82. The average Bonchev–Trinajstić information content (AvgIpc) is 3.07. The fourth-order valence-electron chi connectivity index (χ4n) is 2.41. The molecule has 3 aromatic heterocycles. The van der Waals surface area contributed by atoms with Gasteiger partial charge in [0.15, 0.2) is 0 Å². The Morgan fingerprint density at radius 2 is 2.13 bits per heavy atom. The minimum Gasteiger partial charge on any atom is -0.378 e. The molecule has 5 nitrogen and oxygen atoms in total. The smallest absolute Gasteiger partial charge is 0.132 e. The Bertz CT molecular complexity index is 922. The van der Waals surface area contributed by atoms with Gasteiger partial charge in [-0.15, -0.1) is 0 Å². The van der Waals surface area contributed by atoms with Crippen LogP contribution in [0.3, 0.4) is 0 Å². The van der Waals surface area contributed by atoms with Crippen LogP contribution in [-0.2, 0) is 6.54 Å². The Kier molecular flexibility index (Phi) is 3.88. The first kappa shape index (κ1) is 15.6. The van der Waals surface area contributed by atoms with E-state index in [2.05, 4.69) is 38.5 Å². The summed E-state index contributed by atoms with van der Waals surface area (Å²) in [6, 6.07) is 1.92. The van der Waals surface area contributed by atoms with Crippen molar-refractivity contribution in [3.63, 3.8) is 0 Å². The number of aliphatic hydroxyl groups is 1. The summed E-state index contributed by atoms with van der Waals surface area (Å²) in [5.74, 6) is 5.70. The molecule has 0 saturated carbocycles. The molecule has 3 heterocycles. The molecular weight excluding hydrogens is 312 g/mol. The number of aryl methyl sites for hydroxylation is 1. The first-order chi connectivity index (χ1) is 10.9. The molecule has 0 fully saturated rings. The predicted molar refractivity (Wildman–Crippen MR) is 91.2 cm³/mol. The van der Waals surface area contributed by atoms with Crippen molar-refractivity contribution in [2.75, 3.05) is 0 Å². The van der Waals surface area contributed by atoms with Crippen molar-refractivity contribution in [1.82, 2.24) is 19.7 Å². The molecule has 2 N–H and O–H groups in total. The van der Waals surface area contributed by atoms with Crippen molar-refractivity contribution in [2.45, 2.75) is 32.9 Å². The van der Waals surface area contributed by atoms with Gasteiger partial charge in [-0.1, -0.05) is 17.5 Å². The highest BCUT2D eigenvalue weighted by Crippen LogP contribution is 2.33. The number of nitrogens with one attached hydrogen (secondary N) is 1. The van der Waals surface area contributed by atoms with Gasteiger partial charge in [0.2, 0.25) is 0 Å². The van der Waals surface area contributed by atoms with E-state index in [1.165, 1.54) is 0 Å². The Labute approximate surface area is 139 Å². The molecule has 3 aromatic rings. The molecule has 0 aliphatic rings. The third kappa shape index (κ3) is 3.09. The number of fused-ring (bicyclic) bond motifs is 1. The second-order valence-corrected chi connectivity index (χ2v) is 6.20. The van der Waals surface area contributed by atoms with Crippen molar-refractivity contribution in [3.05, 3.63) is 35.5 Å². The first-order valence-corrected chi connectivity index (χ1v) is 7.70. The minimum absolute atomic E-state index is 0.501. The molecule has 0 saturated heterocycles. The maximum Gasteiger partial charge on any atom is 0.132 e. The first-order valence-electron chi connectivity index (χ1n) is 7.32. The minimum atomic E-state index is -1.05. The lowest BCUT2D eigenvalue weighted by Gasteiger charge is -2.06. The van der Waals surface area contributed by atoms with Crippen LogP contribution in [0.4, 0.5) is 0 Å². The monoisotopic (exact) mass is 328 g/mol. The van der Waals surface area contributed by atoms with Crippen LogP contribution in [0.1, 0.15) is 26.5 Å². The molecule has 0 atom stereocenters. The van der Waals surface area contributed by atoms with Gasteiger partial charge in [0.05, 0.1) is 17.9 Å². The quantitative estimate of drug-likeness (QED) is 0.710. The largest absolute Gasteiger partial charge is 0.378 e. The Hall–Kier alpha value is -2.29. The van der Waals surface area contributed by atoms with E-state index < -0.39 is 5.60 Å². The SMILES string of the molecule is CCn1cc(-c2cn[nH]c2Cl)c2cc(C#CC(C)(C)O)ncc21. The molecule has 0 bridgehead atoms. The number of hydrogen-bond donors (Lipinski definition) is 2. The highest BCUT2D eigenvalue weighted by Gasteiger charge is 2.14. The van der Waals surface area contributed by atoms with Crippen LogP contribution in [0.15, 0.2) is 24.7 Å². The zero-order valence-electron chi connectivity index (χ0n) is 13.2. The number of halogens is 1. The summed E-state index contributed by atoms with van der Waals surface area (Å²) in [5, 5.41) is 18.0. The fourth-order valence-corrected chi connectivity index (χ4v) is 2.61. The average molecular weight is 329 g/mol. The predicted octanol–water partition coefficient (Wildman–Crippen LogP) is 3.22. The van der Waals surface area contributed by atoms with Crippen LogP contribution in [0, 0.1) is 11.8 Å². The van der Waals surface area contributed by atoms with Crippen molar-refractivity contribution in [1.29, 1.82) is 0 Å². The zero-order chi connectivity index (χ0) is 16.6. The molecule has 6 heteroatoms. The van der Waals surface area contributed by atoms with Gasteiger partial charge in [0, 0.05) is 29.3 Å². The molecule has 3 rings (SSSR count). The summed E-state index contributed by atoms with van der Waals surface area (Å²) < 4.78 is 2.11. The van der Waals surface area contributed by atoms with Crippen LogP contribution >= 0.6 is 11.6 Å². The van der Waals surface area contributed by atoms with Crippen molar-refractivity contribution < 1.29 is 5.11 Å². The third-order valence-electron chi connectivity index (χ3n) is 3.49. The topological polar surface area (TPSA) is 66.7 Å². The molecule has 0 aliphatic heterocycles. The van der Waals surface area contributed by atoms with Gasteiger partial charge < -0.3 is 9.67 Å². The van der Waals surface area contributed by atoms with E-state index in [9.17, 15) is 5.11 Å². The number of rotatable bonds is 2. The van der Waals surface area contributed by atoms with E-state index in [1.54, 1.807) is 26.2 Å². The van der Waals surface area contributed by atoms with Crippen LogP contribution in [0.25, 0.3) is 22.0 Å². The highest BCUT2D eigenvalue weighted by atomic mass is 35.5. The van der Waals surface area contributed by atoms with E-state index in [0.29, 0.717) is 10.8 Å². The number of pyridine rings is 1. The molecule has 0 amide bonds. The van der Waals surface area contributed by atoms with E-state index >= 15 is 0 Å². The summed E-state index contributed by atoms with van der Waals surface area (Å²) in [6.45, 7) is 6.18. The molecule has 0 unspecified atom stereocenters. The zero-order valence-corrected chi connectivity index (χ0v) is 13.9. The maximum atomic E-state index is 9.74. The van der Waals surface area contributed by atoms with Crippen LogP contribution in [0.5, 0.6) is 0 Å². The lowest BCUT2D eigenvalue weighted by Crippen LogP contribution is -2.14. The Morgan fingerprint density at radius 1 is 1.35 bits per heavy atom. The summed E-state index contributed by atoms with van der Waals surface area (Å²) in [4.78, 5) is 4.37. The molecule has 118 valence electrons. The lowest BCUT2D eigenvalue weighted by molar-refractivity contribution is 0.143. The molecule has 0 spiro atoms. The van der Waals surface area contributed by atoms with Crippen LogP contribution in [0.2, 0.25) is 5.15 Å². The number of H-pyrrole nitrogens is 1. The van der Waals surface area contributed by atoms with E-state index in [-0.39, 0.29) is 0 Å². The van der Waals surface area contributed by atoms with Gasteiger partial charge in [0.25, 0.3) is 0 Å². The van der Waals surface area contributed by atoms with Gasteiger partial charge in [0.1, 0.15) is 16.4 Å². The van der Waals surface area contributed by atoms with Crippen molar-refractivity contribution >= 4 is 22.5 Å². The summed E-state index contributed by atoms with van der Waals surface area (Å²) in [7, 11) is 0. The standard InChI is InChI=1S/C17H17ClN4O/c1-4-22-10-14(13-8-20-21-16(13)18)12-7-11(19-9-15(12)22)5-6-17(2,3)23/h7-10,23H,4H2,1-3H3,(H,20,21). The normalized spacial score (nSPS) is 11.5. The summed E-state index contributed by atoms with van der Waals surface area (Å²) in [5.41, 5.74) is 2.39. The van der Waals surface area contributed by atoms with Gasteiger partial charge in [-0.2, -0.15) is 5.10 Å². The van der Waals surface area contributed by atoms with E-state index in [1.807, 2.05) is 12.3 Å². The number of nitrogens with zero attached hydrogens (tertiary/aromatic N) is 3. The summed E-state index contributed by atoms with van der Waals surface area (Å²) in [6.07, 6.45) is 5.54. The van der Waals surface area contributed by atoms with Crippen LogP contribution < -0.4 is 0 Å².